The van der Waals surface area contributed by atoms with Gasteiger partial charge in [0.25, 0.3) is 0 Å². The molecule has 0 aliphatic carbocycles. The Bertz CT molecular complexity index is 458. The number of thioether (sulfide) groups is 1. The highest BCUT2D eigenvalue weighted by Gasteiger charge is 2.07. The third-order valence-electron chi connectivity index (χ3n) is 3.21. The number of ether oxygens (including phenoxy) is 1. The molecule has 0 fully saturated rings. The average molecular weight is 345 g/mol. The molecule has 1 heterocycles. The Hall–Kier alpha value is -0.940. The van der Waals surface area contributed by atoms with Crippen LogP contribution in [0.5, 0.6) is 0 Å². The Morgan fingerprint density at radius 3 is 2.82 bits per heavy atom. The Kier molecular flexibility index (Phi) is 10.1. The summed E-state index contributed by atoms with van der Waals surface area (Å²) >= 11 is 7.53. The number of nitrogen functional groups attached to an aromatic ring is 1. The summed E-state index contributed by atoms with van der Waals surface area (Å²) in [5, 5.41) is 0.452. The number of nitrogens with two attached hydrogens (primary N) is 1. The molecule has 1 aromatic heterocycles. The first-order valence-corrected chi connectivity index (χ1v) is 9.20. The van der Waals surface area contributed by atoms with Crippen LogP contribution in [0.15, 0.2) is 17.2 Å². The normalized spacial score (nSPS) is 10.6. The van der Waals surface area contributed by atoms with Gasteiger partial charge in [0.15, 0.2) is 0 Å². The first kappa shape index (κ1) is 19.1. The molecule has 0 saturated carbocycles. The van der Waals surface area contributed by atoms with Gasteiger partial charge in [-0.25, -0.2) is 4.98 Å². The Balaban J connectivity index is 2.07. The number of hydrogen-bond acceptors (Lipinski definition) is 5. The van der Waals surface area contributed by atoms with Crippen molar-refractivity contribution < 1.29 is 9.53 Å². The molecule has 4 nitrogen and oxygen atoms in total. The molecule has 1 aromatic rings. The Morgan fingerprint density at radius 1 is 1.32 bits per heavy atom. The number of halogens is 1. The zero-order valence-corrected chi connectivity index (χ0v) is 14.7. The topological polar surface area (TPSA) is 65.2 Å². The van der Waals surface area contributed by atoms with Crippen LogP contribution in [0, 0.1) is 0 Å². The van der Waals surface area contributed by atoms with Gasteiger partial charge in [0.1, 0.15) is 5.82 Å². The van der Waals surface area contributed by atoms with E-state index in [4.69, 9.17) is 22.1 Å². The van der Waals surface area contributed by atoms with E-state index in [2.05, 4.69) is 11.9 Å². The number of unbranched alkanes of at least 4 members (excludes halogenated alkanes) is 5. The van der Waals surface area contributed by atoms with Crippen molar-refractivity contribution in [3.05, 3.63) is 17.3 Å². The molecule has 0 aliphatic rings. The molecule has 0 aliphatic heterocycles. The first-order chi connectivity index (χ1) is 10.6. The lowest BCUT2D eigenvalue weighted by atomic mass is 10.1. The summed E-state index contributed by atoms with van der Waals surface area (Å²) in [5.74, 6) is 0.787. The first-order valence-electron chi connectivity index (χ1n) is 7.83. The maximum Gasteiger partial charge on any atom is 0.306 e. The lowest BCUT2D eigenvalue weighted by Gasteiger charge is -2.06. The number of anilines is 1. The second-order valence-corrected chi connectivity index (χ2v) is 6.61. The molecular weight excluding hydrogens is 320 g/mol. The van der Waals surface area contributed by atoms with Crippen LogP contribution in [-0.2, 0) is 9.53 Å². The van der Waals surface area contributed by atoms with Crippen LogP contribution in [0.3, 0.4) is 0 Å². The lowest BCUT2D eigenvalue weighted by molar-refractivity contribution is -0.143. The summed E-state index contributed by atoms with van der Waals surface area (Å²) in [6.07, 6.45) is 9.11. The van der Waals surface area contributed by atoms with Crippen LogP contribution in [-0.4, -0.2) is 23.3 Å². The molecular formula is C16H25ClN2O2S. The van der Waals surface area contributed by atoms with Crippen LogP contribution in [0.4, 0.5) is 5.82 Å². The SMILES string of the molecule is CCCCCCCCOC(=O)CCSc1ccnc(N)c1Cl. The van der Waals surface area contributed by atoms with E-state index in [9.17, 15) is 4.79 Å². The van der Waals surface area contributed by atoms with E-state index in [1.54, 1.807) is 12.3 Å². The zero-order valence-electron chi connectivity index (χ0n) is 13.1. The van der Waals surface area contributed by atoms with Gasteiger partial charge in [-0.1, -0.05) is 50.6 Å². The summed E-state index contributed by atoms with van der Waals surface area (Å²) in [5.41, 5.74) is 5.63. The Labute approximate surface area is 142 Å². The Morgan fingerprint density at radius 2 is 2.05 bits per heavy atom. The fraction of sp³-hybridized carbons (Fsp3) is 0.625. The van der Waals surface area contributed by atoms with Gasteiger partial charge in [0.2, 0.25) is 0 Å². The van der Waals surface area contributed by atoms with E-state index >= 15 is 0 Å². The summed E-state index contributed by atoms with van der Waals surface area (Å²) in [4.78, 5) is 16.4. The summed E-state index contributed by atoms with van der Waals surface area (Å²) < 4.78 is 5.22. The van der Waals surface area contributed by atoms with Crippen LogP contribution in [0.2, 0.25) is 5.02 Å². The smallest absolute Gasteiger partial charge is 0.306 e. The minimum absolute atomic E-state index is 0.154. The second kappa shape index (κ2) is 11.6. The minimum atomic E-state index is -0.154. The number of carbonyl (C=O) groups is 1. The maximum atomic E-state index is 11.6. The number of rotatable bonds is 11. The molecule has 0 atom stereocenters. The van der Waals surface area contributed by atoms with E-state index < -0.39 is 0 Å². The fourth-order valence-electron chi connectivity index (χ4n) is 1.94. The average Bonchev–Trinajstić information content (AvgIpc) is 2.50. The molecule has 124 valence electrons. The van der Waals surface area contributed by atoms with Crippen molar-refractivity contribution in [2.75, 3.05) is 18.1 Å². The van der Waals surface area contributed by atoms with Gasteiger partial charge in [0.05, 0.1) is 18.1 Å². The molecule has 0 spiro atoms. The highest BCUT2D eigenvalue weighted by Crippen LogP contribution is 2.30. The molecule has 0 radical (unpaired) electrons. The number of carbonyl (C=O) groups excluding carboxylic acids is 1. The number of esters is 1. The molecule has 0 aromatic carbocycles. The van der Waals surface area contributed by atoms with Crippen LogP contribution in [0.1, 0.15) is 51.9 Å². The molecule has 0 unspecified atom stereocenters. The second-order valence-electron chi connectivity index (χ2n) is 5.10. The molecule has 2 N–H and O–H groups in total. The molecule has 6 heteroatoms. The minimum Gasteiger partial charge on any atom is -0.466 e. The van der Waals surface area contributed by atoms with Crippen molar-refractivity contribution in [1.29, 1.82) is 0 Å². The summed E-state index contributed by atoms with van der Waals surface area (Å²) in [6, 6.07) is 1.80. The monoisotopic (exact) mass is 344 g/mol. The van der Waals surface area contributed by atoms with E-state index in [0.29, 0.717) is 29.6 Å². The van der Waals surface area contributed by atoms with Gasteiger partial charge in [-0.2, -0.15) is 0 Å². The number of pyridine rings is 1. The number of hydrogen-bond donors (Lipinski definition) is 1. The zero-order chi connectivity index (χ0) is 16.2. The van der Waals surface area contributed by atoms with Crippen molar-refractivity contribution in [2.24, 2.45) is 0 Å². The maximum absolute atomic E-state index is 11.6. The van der Waals surface area contributed by atoms with Gasteiger partial charge in [-0.3, -0.25) is 4.79 Å². The van der Waals surface area contributed by atoms with Gasteiger partial charge in [-0.05, 0) is 12.5 Å². The van der Waals surface area contributed by atoms with Gasteiger partial charge >= 0.3 is 5.97 Å². The summed E-state index contributed by atoms with van der Waals surface area (Å²) in [6.45, 7) is 2.73. The van der Waals surface area contributed by atoms with E-state index in [1.807, 2.05) is 0 Å². The van der Waals surface area contributed by atoms with Crippen molar-refractivity contribution in [2.45, 2.75) is 56.8 Å². The largest absolute Gasteiger partial charge is 0.466 e. The lowest BCUT2D eigenvalue weighted by Crippen LogP contribution is -2.06. The molecule has 22 heavy (non-hydrogen) atoms. The van der Waals surface area contributed by atoms with Gasteiger partial charge in [-0.15, -0.1) is 11.8 Å². The molecule has 1 rings (SSSR count). The van der Waals surface area contributed by atoms with Crippen molar-refractivity contribution >= 4 is 35.1 Å². The number of nitrogens with zero attached hydrogens (tertiary/aromatic N) is 1. The summed E-state index contributed by atoms with van der Waals surface area (Å²) in [7, 11) is 0. The highest BCUT2D eigenvalue weighted by atomic mass is 35.5. The van der Waals surface area contributed by atoms with E-state index in [0.717, 1.165) is 17.7 Å². The predicted octanol–water partition coefficient (Wildman–Crippen LogP) is 4.70. The van der Waals surface area contributed by atoms with Crippen LogP contribution in [0.25, 0.3) is 0 Å². The van der Waals surface area contributed by atoms with Gasteiger partial charge < -0.3 is 10.5 Å². The quantitative estimate of drug-likeness (QED) is 0.358. The van der Waals surface area contributed by atoms with Crippen molar-refractivity contribution in [3.8, 4) is 0 Å². The van der Waals surface area contributed by atoms with Crippen molar-refractivity contribution in [1.82, 2.24) is 4.98 Å². The molecule has 0 bridgehead atoms. The highest BCUT2D eigenvalue weighted by molar-refractivity contribution is 7.99. The third-order valence-corrected chi connectivity index (χ3v) is 4.77. The molecule has 0 saturated heterocycles. The number of aromatic nitrogens is 1. The van der Waals surface area contributed by atoms with E-state index in [1.165, 1.54) is 37.4 Å². The predicted molar refractivity (Wildman–Crippen MR) is 93.3 cm³/mol. The van der Waals surface area contributed by atoms with Crippen molar-refractivity contribution in [3.63, 3.8) is 0 Å². The standard InChI is InChI=1S/C16H25ClN2O2S/c1-2-3-4-5-6-7-11-21-14(20)9-12-22-13-8-10-19-16(18)15(13)17/h8,10H,2-7,9,11-12H2,1H3,(H2,18,19). The third kappa shape index (κ3) is 7.90. The van der Waals surface area contributed by atoms with E-state index in [-0.39, 0.29) is 5.97 Å². The molecule has 0 amide bonds. The van der Waals surface area contributed by atoms with Gasteiger partial charge in [0, 0.05) is 16.8 Å². The van der Waals surface area contributed by atoms with Crippen LogP contribution < -0.4 is 5.73 Å². The fourth-order valence-corrected chi connectivity index (χ4v) is 3.09. The van der Waals surface area contributed by atoms with Crippen LogP contribution >= 0.6 is 23.4 Å².